The third-order valence-electron chi connectivity index (χ3n) is 4.16. The summed E-state index contributed by atoms with van der Waals surface area (Å²) in [5.41, 5.74) is 1.28. The van der Waals surface area contributed by atoms with Crippen molar-refractivity contribution in [3.63, 3.8) is 0 Å². The van der Waals surface area contributed by atoms with Crippen molar-refractivity contribution < 1.29 is 9.63 Å². The molecule has 1 aliphatic rings. The number of rotatable bonds is 7. The molecule has 0 bridgehead atoms. The van der Waals surface area contributed by atoms with E-state index in [0.29, 0.717) is 12.4 Å². The van der Waals surface area contributed by atoms with Crippen LogP contribution in [0.4, 0.5) is 0 Å². The molecule has 1 aromatic heterocycles. The van der Waals surface area contributed by atoms with Crippen LogP contribution >= 0.6 is 11.8 Å². The van der Waals surface area contributed by atoms with Gasteiger partial charge in [0.05, 0.1) is 18.9 Å². The van der Waals surface area contributed by atoms with Gasteiger partial charge in [-0.15, -0.1) is 0 Å². The average molecular weight is 325 g/mol. The molecule has 1 N–H and O–H groups in total. The number of nitrogens with zero attached hydrogens (tertiary/aromatic N) is 3. The number of aliphatic hydroxyl groups is 1. The van der Waals surface area contributed by atoms with Gasteiger partial charge in [-0.2, -0.15) is 16.7 Å². The summed E-state index contributed by atoms with van der Waals surface area (Å²) in [7, 11) is 0. The van der Waals surface area contributed by atoms with Crippen molar-refractivity contribution in [2.75, 3.05) is 26.0 Å². The van der Waals surface area contributed by atoms with Gasteiger partial charge in [-0.3, -0.25) is 4.90 Å². The van der Waals surface area contributed by atoms with Gasteiger partial charge in [0, 0.05) is 12.0 Å². The van der Waals surface area contributed by atoms with Gasteiger partial charge in [-0.25, -0.2) is 0 Å². The van der Waals surface area contributed by atoms with Crippen LogP contribution in [0.15, 0.2) is 16.2 Å². The Bertz CT molecular complexity index is 499. The molecule has 1 fully saturated rings. The summed E-state index contributed by atoms with van der Waals surface area (Å²) >= 11 is 1.69. The summed E-state index contributed by atoms with van der Waals surface area (Å²) in [5.74, 6) is 2.22. The molecule has 124 valence electrons. The van der Waals surface area contributed by atoms with E-state index in [-0.39, 0.29) is 12.0 Å². The molecule has 0 aromatic carbocycles. The van der Waals surface area contributed by atoms with E-state index < -0.39 is 0 Å². The molecule has 0 radical (unpaired) electrons. The van der Waals surface area contributed by atoms with Crippen LogP contribution in [-0.4, -0.2) is 46.1 Å². The molecular formula is C16H27N3O2S. The van der Waals surface area contributed by atoms with Crippen molar-refractivity contribution in [1.82, 2.24) is 15.0 Å². The number of aliphatic hydroxyl groups excluding tert-OH is 1. The highest BCUT2D eigenvalue weighted by atomic mass is 32.2. The predicted octanol–water partition coefficient (Wildman–Crippen LogP) is 2.86. The van der Waals surface area contributed by atoms with Crippen LogP contribution < -0.4 is 0 Å². The summed E-state index contributed by atoms with van der Waals surface area (Å²) in [6.07, 6.45) is 7.38. The van der Waals surface area contributed by atoms with Crippen LogP contribution in [0.5, 0.6) is 0 Å². The molecule has 1 atom stereocenters. The van der Waals surface area contributed by atoms with Gasteiger partial charge in [0.25, 0.3) is 0 Å². The second kappa shape index (κ2) is 8.13. The molecule has 1 aliphatic heterocycles. The molecule has 0 unspecified atom stereocenters. The van der Waals surface area contributed by atoms with Gasteiger partial charge < -0.3 is 9.63 Å². The first-order chi connectivity index (χ1) is 10.6. The van der Waals surface area contributed by atoms with E-state index in [1.165, 1.54) is 5.57 Å². The Kier molecular flexibility index (Phi) is 6.47. The smallest absolute Gasteiger partial charge is 0.240 e. The van der Waals surface area contributed by atoms with Crippen LogP contribution in [0, 0.1) is 5.41 Å². The van der Waals surface area contributed by atoms with E-state index >= 15 is 0 Å². The first kappa shape index (κ1) is 17.5. The van der Waals surface area contributed by atoms with Crippen LogP contribution in [0.2, 0.25) is 0 Å². The van der Waals surface area contributed by atoms with E-state index in [2.05, 4.69) is 35.0 Å². The van der Waals surface area contributed by atoms with Crippen molar-refractivity contribution in [3.05, 3.63) is 23.4 Å². The third kappa shape index (κ3) is 4.83. The number of piperidine rings is 1. The summed E-state index contributed by atoms with van der Waals surface area (Å²) in [5, 5.41) is 13.9. The second-order valence-electron chi connectivity index (χ2n) is 6.50. The summed E-state index contributed by atoms with van der Waals surface area (Å²) in [4.78, 5) is 6.76. The SMILES string of the molecule is CSCc1noc(CN2CCC[C@](CO)(CC=C(C)C)C2)n1. The fourth-order valence-electron chi connectivity index (χ4n) is 2.96. The maximum Gasteiger partial charge on any atom is 0.240 e. The zero-order chi connectivity index (χ0) is 16.0. The monoisotopic (exact) mass is 325 g/mol. The summed E-state index contributed by atoms with van der Waals surface area (Å²) < 4.78 is 5.33. The first-order valence-corrected chi connectivity index (χ1v) is 9.23. The molecule has 1 aromatic rings. The maximum absolute atomic E-state index is 9.90. The number of likely N-dealkylation sites (tertiary alicyclic amines) is 1. The minimum absolute atomic E-state index is 0.0301. The van der Waals surface area contributed by atoms with E-state index in [1.54, 1.807) is 11.8 Å². The molecule has 5 nitrogen and oxygen atoms in total. The van der Waals surface area contributed by atoms with Crippen molar-refractivity contribution >= 4 is 11.8 Å². The zero-order valence-corrected chi connectivity index (χ0v) is 14.7. The van der Waals surface area contributed by atoms with Gasteiger partial charge in [-0.1, -0.05) is 16.8 Å². The lowest BCUT2D eigenvalue weighted by atomic mass is 9.77. The standard InChI is InChI=1S/C16H27N3O2S/c1-13(2)5-7-16(12-20)6-4-8-19(11-16)9-15-17-14(10-22-3)18-21-15/h5,20H,4,6-12H2,1-3H3/t16-/m0/s1. The quantitative estimate of drug-likeness (QED) is 0.778. The van der Waals surface area contributed by atoms with Crippen molar-refractivity contribution in [2.24, 2.45) is 5.41 Å². The highest BCUT2D eigenvalue weighted by Crippen LogP contribution is 2.34. The van der Waals surface area contributed by atoms with E-state index in [1.807, 2.05) is 6.26 Å². The molecule has 6 heteroatoms. The Labute approximate surface area is 137 Å². The van der Waals surface area contributed by atoms with E-state index in [9.17, 15) is 5.11 Å². The average Bonchev–Trinajstić information content (AvgIpc) is 2.93. The molecular weight excluding hydrogens is 298 g/mol. The molecule has 22 heavy (non-hydrogen) atoms. The highest BCUT2D eigenvalue weighted by molar-refractivity contribution is 7.97. The number of hydrogen-bond donors (Lipinski definition) is 1. The Morgan fingerprint density at radius 1 is 1.50 bits per heavy atom. The molecule has 2 rings (SSSR count). The Balaban J connectivity index is 1.97. The lowest BCUT2D eigenvalue weighted by Gasteiger charge is -2.41. The van der Waals surface area contributed by atoms with Gasteiger partial charge in [0.2, 0.25) is 5.89 Å². The lowest BCUT2D eigenvalue weighted by molar-refractivity contribution is 0.0265. The molecule has 0 spiro atoms. The molecule has 0 amide bonds. The number of hydrogen-bond acceptors (Lipinski definition) is 6. The Hall–Kier alpha value is -0.850. The van der Waals surface area contributed by atoms with Crippen molar-refractivity contribution in [3.8, 4) is 0 Å². The molecule has 0 saturated carbocycles. The van der Waals surface area contributed by atoms with Crippen molar-refractivity contribution in [2.45, 2.75) is 45.4 Å². The molecule has 1 saturated heterocycles. The van der Waals surface area contributed by atoms with Crippen LogP contribution in [0.3, 0.4) is 0 Å². The van der Waals surface area contributed by atoms with Crippen LogP contribution in [0.1, 0.15) is 44.8 Å². The minimum atomic E-state index is -0.0301. The Morgan fingerprint density at radius 3 is 3.00 bits per heavy atom. The fourth-order valence-corrected chi connectivity index (χ4v) is 3.33. The lowest BCUT2D eigenvalue weighted by Crippen LogP contribution is -2.44. The van der Waals surface area contributed by atoms with E-state index in [4.69, 9.17) is 4.52 Å². The fraction of sp³-hybridized carbons (Fsp3) is 0.750. The number of allylic oxidation sites excluding steroid dienone is 2. The largest absolute Gasteiger partial charge is 0.396 e. The van der Waals surface area contributed by atoms with Gasteiger partial charge in [-0.05, 0) is 45.9 Å². The highest BCUT2D eigenvalue weighted by Gasteiger charge is 2.34. The summed E-state index contributed by atoms with van der Waals surface area (Å²) in [6, 6.07) is 0. The topological polar surface area (TPSA) is 62.4 Å². The van der Waals surface area contributed by atoms with Crippen molar-refractivity contribution in [1.29, 1.82) is 0 Å². The zero-order valence-electron chi connectivity index (χ0n) is 13.8. The van der Waals surface area contributed by atoms with Crippen LogP contribution in [0.25, 0.3) is 0 Å². The predicted molar refractivity (Wildman–Crippen MR) is 89.6 cm³/mol. The van der Waals surface area contributed by atoms with Gasteiger partial charge in [0.1, 0.15) is 0 Å². The second-order valence-corrected chi connectivity index (χ2v) is 7.36. The molecule has 0 aliphatic carbocycles. The Morgan fingerprint density at radius 2 is 2.32 bits per heavy atom. The normalized spacial score (nSPS) is 22.7. The molecule has 2 heterocycles. The number of aromatic nitrogens is 2. The third-order valence-corrected chi connectivity index (χ3v) is 4.71. The van der Waals surface area contributed by atoms with Crippen LogP contribution in [-0.2, 0) is 12.3 Å². The van der Waals surface area contributed by atoms with Gasteiger partial charge >= 0.3 is 0 Å². The summed E-state index contributed by atoms with van der Waals surface area (Å²) in [6.45, 7) is 7.03. The maximum atomic E-state index is 9.90. The van der Waals surface area contributed by atoms with Gasteiger partial charge in [0.15, 0.2) is 5.82 Å². The first-order valence-electron chi connectivity index (χ1n) is 7.84. The number of thioether (sulfide) groups is 1. The van der Waals surface area contributed by atoms with E-state index in [0.717, 1.165) is 43.9 Å². The minimum Gasteiger partial charge on any atom is -0.396 e.